The number of hydrogen-bond donors (Lipinski definition) is 0. The van der Waals surface area contributed by atoms with Crippen molar-refractivity contribution in [2.45, 2.75) is 20.4 Å². The van der Waals surface area contributed by atoms with Gasteiger partial charge in [-0.15, -0.1) is 0 Å². The van der Waals surface area contributed by atoms with Crippen LogP contribution in [-0.4, -0.2) is 47.2 Å². The van der Waals surface area contributed by atoms with Gasteiger partial charge in [-0.1, -0.05) is 35.9 Å². The number of nitrogens with zero attached hydrogens (tertiary/aromatic N) is 3. The summed E-state index contributed by atoms with van der Waals surface area (Å²) in [4.78, 5) is 31.7. The predicted octanol–water partition coefficient (Wildman–Crippen LogP) is 4.30. The van der Waals surface area contributed by atoms with Gasteiger partial charge < -0.3 is 14.4 Å². The molecule has 0 saturated heterocycles. The number of rotatable bonds is 8. The zero-order valence-electron chi connectivity index (χ0n) is 16.7. The molecule has 0 N–H and O–H groups in total. The molecule has 0 saturated carbocycles. The number of carbonyl (C=O) groups is 2. The Kier molecular flexibility index (Phi) is 8.48. The number of allylic oxidation sites excluding steroid dienone is 1. The van der Waals surface area contributed by atoms with E-state index in [1.807, 2.05) is 30.9 Å². The molecule has 0 atom stereocenters. The van der Waals surface area contributed by atoms with Gasteiger partial charge in [-0.25, -0.2) is 14.6 Å². The topological polar surface area (TPSA) is 72.0 Å². The number of halogens is 1. The van der Waals surface area contributed by atoms with Gasteiger partial charge in [0.1, 0.15) is 11.0 Å². The molecule has 0 unspecified atom stereocenters. The number of pyridine rings is 1. The second kappa shape index (κ2) is 11.1. The minimum atomic E-state index is -0.633. The average molecular weight is 418 g/mol. The third kappa shape index (κ3) is 6.50. The lowest BCUT2D eigenvalue weighted by Crippen LogP contribution is -2.37. The molecule has 154 valence electrons. The summed E-state index contributed by atoms with van der Waals surface area (Å²) in [7, 11) is 1.60. The second-order valence-electron chi connectivity index (χ2n) is 6.04. The Morgan fingerprint density at radius 1 is 1.14 bits per heavy atom. The van der Waals surface area contributed by atoms with Crippen LogP contribution in [0.1, 0.15) is 29.8 Å². The molecule has 1 heterocycles. The number of aromatic nitrogens is 1. The van der Waals surface area contributed by atoms with Crippen molar-refractivity contribution in [2.24, 2.45) is 0 Å². The highest BCUT2D eigenvalue weighted by Gasteiger charge is 2.20. The number of carbonyl (C=O) groups excluding carboxylic acids is 2. The van der Waals surface area contributed by atoms with Gasteiger partial charge >= 0.3 is 12.1 Å². The van der Waals surface area contributed by atoms with Crippen LogP contribution in [0, 0.1) is 0 Å². The van der Waals surface area contributed by atoms with Crippen LogP contribution in [0.25, 0.3) is 0 Å². The Labute approximate surface area is 175 Å². The number of ether oxygens (including phenoxy) is 2. The molecule has 1 aromatic heterocycles. The van der Waals surface area contributed by atoms with Gasteiger partial charge in [-0.2, -0.15) is 0 Å². The molecule has 1 amide bonds. The van der Waals surface area contributed by atoms with Gasteiger partial charge in [-0.3, -0.25) is 4.90 Å². The Bertz CT molecular complexity index is 841. The number of esters is 1. The average Bonchev–Trinajstić information content (AvgIpc) is 2.75. The molecular weight excluding hydrogens is 394 g/mol. The van der Waals surface area contributed by atoms with Crippen molar-refractivity contribution in [3.63, 3.8) is 0 Å². The zero-order chi connectivity index (χ0) is 21.2. The molecule has 0 aliphatic heterocycles. The largest absolute Gasteiger partial charge is 0.424 e. The summed E-state index contributed by atoms with van der Waals surface area (Å²) < 4.78 is 10.1. The molecule has 2 aromatic rings. The van der Waals surface area contributed by atoms with Crippen molar-refractivity contribution in [1.29, 1.82) is 0 Å². The van der Waals surface area contributed by atoms with Gasteiger partial charge in [0.05, 0.1) is 5.56 Å². The second-order valence-corrected chi connectivity index (χ2v) is 6.42. The van der Waals surface area contributed by atoms with E-state index in [0.717, 1.165) is 5.56 Å². The first kappa shape index (κ1) is 22.2. The highest BCUT2D eigenvalue weighted by molar-refractivity contribution is 6.29. The molecule has 0 spiro atoms. The fourth-order valence-electron chi connectivity index (χ4n) is 2.64. The quantitative estimate of drug-likeness (QED) is 0.362. The lowest BCUT2D eigenvalue weighted by Gasteiger charge is -2.31. The standard InChI is InChI=1S/C21H24ClN3O4/c1-4-19(25(5-2)14-16-11-12-18(22)23-13-16)24(3)21(27)29-15-28-20(26)17-9-7-6-8-10-17/h4,6-13H,5,14-15H2,1-3H3/b19-4-. The maximum atomic E-state index is 12.4. The van der Waals surface area contributed by atoms with Crippen LogP contribution in [0.15, 0.2) is 60.6 Å². The van der Waals surface area contributed by atoms with Crippen LogP contribution >= 0.6 is 11.6 Å². The molecule has 0 bridgehead atoms. The first-order chi connectivity index (χ1) is 14.0. The van der Waals surface area contributed by atoms with Crippen molar-refractivity contribution < 1.29 is 19.1 Å². The molecule has 0 aliphatic carbocycles. The highest BCUT2D eigenvalue weighted by Crippen LogP contribution is 2.16. The molecule has 0 radical (unpaired) electrons. The monoisotopic (exact) mass is 417 g/mol. The molecule has 0 aliphatic rings. The summed E-state index contributed by atoms with van der Waals surface area (Å²) in [6.07, 6.45) is 2.87. The third-order valence-corrected chi connectivity index (χ3v) is 4.35. The van der Waals surface area contributed by atoms with Crippen molar-refractivity contribution in [1.82, 2.24) is 14.8 Å². The summed E-state index contributed by atoms with van der Waals surface area (Å²) in [6.45, 7) is 4.54. The van der Waals surface area contributed by atoms with Crippen LogP contribution in [0.3, 0.4) is 0 Å². The van der Waals surface area contributed by atoms with E-state index in [1.54, 1.807) is 49.6 Å². The Balaban J connectivity index is 1.92. The van der Waals surface area contributed by atoms with E-state index in [2.05, 4.69) is 4.98 Å². The van der Waals surface area contributed by atoms with Gasteiger partial charge in [-0.05, 0) is 43.7 Å². The summed E-state index contributed by atoms with van der Waals surface area (Å²) >= 11 is 5.83. The first-order valence-electron chi connectivity index (χ1n) is 9.10. The van der Waals surface area contributed by atoms with Crippen LogP contribution in [0.4, 0.5) is 4.79 Å². The van der Waals surface area contributed by atoms with E-state index in [9.17, 15) is 9.59 Å². The van der Waals surface area contributed by atoms with Gasteiger partial charge in [0.25, 0.3) is 0 Å². The van der Waals surface area contributed by atoms with Crippen molar-refractivity contribution >= 4 is 23.7 Å². The van der Waals surface area contributed by atoms with Crippen LogP contribution in [0.5, 0.6) is 0 Å². The normalized spacial score (nSPS) is 11.0. The van der Waals surface area contributed by atoms with E-state index in [-0.39, 0.29) is 0 Å². The van der Waals surface area contributed by atoms with Gasteiger partial charge in [0.2, 0.25) is 6.79 Å². The Hall–Kier alpha value is -3.06. The summed E-state index contributed by atoms with van der Waals surface area (Å²) in [5.74, 6) is 0.0968. The fraction of sp³-hybridized carbons (Fsp3) is 0.286. The van der Waals surface area contributed by atoms with E-state index >= 15 is 0 Å². The van der Waals surface area contributed by atoms with Crippen LogP contribution in [0.2, 0.25) is 5.15 Å². The molecule has 8 heteroatoms. The number of amides is 1. The molecule has 2 rings (SSSR count). The number of hydrogen-bond acceptors (Lipinski definition) is 6. The van der Waals surface area contributed by atoms with E-state index < -0.39 is 18.9 Å². The van der Waals surface area contributed by atoms with E-state index in [4.69, 9.17) is 21.1 Å². The Morgan fingerprint density at radius 3 is 2.45 bits per heavy atom. The fourth-order valence-corrected chi connectivity index (χ4v) is 2.76. The molecule has 1 aromatic carbocycles. The zero-order valence-corrected chi connectivity index (χ0v) is 17.4. The van der Waals surface area contributed by atoms with E-state index in [0.29, 0.717) is 29.6 Å². The summed E-state index contributed by atoms with van der Waals surface area (Å²) in [5.41, 5.74) is 1.34. The Morgan fingerprint density at radius 2 is 1.86 bits per heavy atom. The lowest BCUT2D eigenvalue weighted by atomic mass is 10.2. The summed E-state index contributed by atoms with van der Waals surface area (Å²) in [5, 5.41) is 0.425. The van der Waals surface area contributed by atoms with Crippen molar-refractivity contribution in [3.05, 3.63) is 76.8 Å². The van der Waals surface area contributed by atoms with E-state index in [1.165, 1.54) is 4.90 Å². The van der Waals surface area contributed by atoms with Crippen LogP contribution in [-0.2, 0) is 16.0 Å². The highest BCUT2D eigenvalue weighted by atomic mass is 35.5. The summed E-state index contributed by atoms with van der Waals surface area (Å²) in [6, 6.07) is 12.1. The SMILES string of the molecule is C/C=C(\N(CC)Cc1ccc(Cl)nc1)N(C)C(=O)OCOC(=O)c1ccccc1. The smallest absolute Gasteiger partial charge is 0.418 e. The minimum absolute atomic E-state index is 0.389. The van der Waals surface area contributed by atoms with Crippen molar-refractivity contribution in [2.75, 3.05) is 20.4 Å². The maximum absolute atomic E-state index is 12.4. The predicted molar refractivity (Wildman–Crippen MR) is 110 cm³/mol. The number of benzene rings is 1. The van der Waals surface area contributed by atoms with Crippen LogP contribution < -0.4 is 0 Å². The van der Waals surface area contributed by atoms with Gasteiger partial charge in [0, 0.05) is 26.3 Å². The first-order valence-corrected chi connectivity index (χ1v) is 9.48. The molecular formula is C21H24ClN3O4. The van der Waals surface area contributed by atoms with Gasteiger partial charge in [0.15, 0.2) is 0 Å². The lowest BCUT2D eigenvalue weighted by molar-refractivity contribution is -0.0100. The maximum Gasteiger partial charge on any atom is 0.418 e. The molecule has 0 fully saturated rings. The third-order valence-electron chi connectivity index (χ3n) is 4.13. The van der Waals surface area contributed by atoms with Crippen molar-refractivity contribution in [3.8, 4) is 0 Å². The molecule has 7 nitrogen and oxygen atoms in total. The molecule has 29 heavy (non-hydrogen) atoms. The minimum Gasteiger partial charge on any atom is -0.424 e.